The smallest absolute Gasteiger partial charge is 0.252 e. The van der Waals surface area contributed by atoms with Crippen LogP contribution in [0.5, 0.6) is 0 Å². The highest BCUT2D eigenvalue weighted by Gasteiger charge is 2.27. The Bertz CT molecular complexity index is 675. The summed E-state index contributed by atoms with van der Waals surface area (Å²) in [7, 11) is -3.44. The molecule has 1 aliphatic carbocycles. The Morgan fingerprint density at radius 2 is 1.96 bits per heavy atom. The van der Waals surface area contributed by atoms with E-state index < -0.39 is 10.0 Å². The van der Waals surface area contributed by atoms with Gasteiger partial charge in [-0.25, -0.2) is 8.42 Å². The molecule has 0 radical (unpaired) electrons. The number of hydrogen-bond acceptors (Lipinski definition) is 5. The van der Waals surface area contributed by atoms with Crippen molar-refractivity contribution < 1.29 is 17.9 Å². The van der Waals surface area contributed by atoms with Crippen LogP contribution < -0.4 is 5.32 Å². The molecule has 8 heteroatoms. The second kappa shape index (κ2) is 8.62. The molecule has 1 saturated heterocycles. The Kier molecular flexibility index (Phi) is 6.49. The Labute approximate surface area is 153 Å². The summed E-state index contributed by atoms with van der Waals surface area (Å²) >= 11 is 1.23. The molecule has 2 heterocycles. The Balaban J connectivity index is 1.48. The quantitative estimate of drug-likeness (QED) is 0.780. The molecule has 1 saturated carbocycles. The number of nitrogens with zero attached hydrogens (tertiary/aromatic N) is 1. The molecule has 1 N–H and O–H groups in total. The van der Waals surface area contributed by atoms with Crippen LogP contribution in [0.3, 0.4) is 0 Å². The van der Waals surface area contributed by atoms with Gasteiger partial charge < -0.3 is 10.1 Å². The molecule has 0 unspecified atom stereocenters. The van der Waals surface area contributed by atoms with Gasteiger partial charge in [-0.2, -0.15) is 4.31 Å². The van der Waals surface area contributed by atoms with Crippen molar-refractivity contribution in [3.63, 3.8) is 0 Å². The topological polar surface area (TPSA) is 75.7 Å². The summed E-state index contributed by atoms with van der Waals surface area (Å²) in [6, 6.07) is 3.42. The van der Waals surface area contributed by atoms with Crippen LogP contribution >= 0.6 is 11.3 Å². The lowest BCUT2D eigenvalue weighted by molar-refractivity contribution is -0.121. The lowest BCUT2D eigenvalue weighted by Gasteiger charge is -2.25. The minimum Gasteiger partial charge on any atom is -0.379 e. The summed E-state index contributed by atoms with van der Waals surface area (Å²) in [5, 5.41) is 2.91. The highest BCUT2D eigenvalue weighted by atomic mass is 32.2. The number of nitrogens with one attached hydrogen (secondary N) is 1. The van der Waals surface area contributed by atoms with E-state index in [1.807, 2.05) is 0 Å². The molecule has 0 spiro atoms. The van der Waals surface area contributed by atoms with Gasteiger partial charge in [0.05, 0.1) is 19.8 Å². The molecule has 0 aromatic carbocycles. The van der Waals surface area contributed by atoms with Gasteiger partial charge in [-0.1, -0.05) is 25.7 Å². The van der Waals surface area contributed by atoms with Crippen LogP contribution in [0.2, 0.25) is 0 Å². The number of carbonyl (C=O) groups is 1. The summed E-state index contributed by atoms with van der Waals surface area (Å²) in [5.41, 5.74) is 0. The fraction of sp³-hybridized carbons (Fsp3) is 0.706. The van der Waals surface area contributed by atoms with Crippen LogP contribution in [0, 0.1) is 5.92 Å². The molecule has 3 rings (SSSR count). The van der Waals surface area contributed by atoms with Crippen LogP contribution in [0.1, 0.15) is 43.4 Å². The number of amides is 1. The number of carbonyl (C=O) groups excluding carboxylic acids is 1. The fourth-order valence-electron chi connectivity index (χ4n) is 3.41. The average molecular weight is 387 g/mol. The highest BCUT2D eigenvalue weighted by molar-refractivity contribution is 7.91. The maximum absolute atomic E-state index is 12.6. The third-order valence-corrected chi connectivity index (χ3v) is 8.37. The molecule has 25 heavy (non-hydrogen) atoms. The lowest BCUT2D eigenvalue weighted by atomic mass is 10.0. The van der Waals surface area contributed by atoms with Gasteiger partial charge in [-0.3, -0.25) is 4.79 Å². The van der Waals surface area contributed by atoms with E-state index in [0.717, 1.165) is 11.3 Å². The molecule has 1 amide bonds. The number of morpholine rings is 1. The van der Waals surface area contributed by atoms with E-state index in [1.165, 1.54) is 41.3 Å². The molecule has 0 atom stereocenters. The second-order valence-electron chi connectivity index (χ2n) is 6.70. The van der Waals surface area contributed by atoms with Crippen LogP contribution in [0.15, 0.2) is 16.3 Å². The molecule has 0 bridgehead atoms. The molecule has 6 nitrogen and oxygen atoms in total. The highest BCUT2D eigenvalue weighted by Crippen LogP contribution is 2.28. The van der Waals surface area contributed by atoms with Gasteiger partial charge in [-0.15, -0.1) is 11.3 Å². The summed E-state index contributed by atoms with van der Waals surface area (Å²) in [4.78, 5) is 12.8. The van der Waals surface area contributed by atoms with E-state index in [9.17, 15) is 13.2 Å². The molecule has 2 fully saturated rings. The summed E-state index contributed by atoms with van der Waals surface area (Å²) in [6.45, 7) is 2.07. The van der Waals surface area contributed by atoms with E-state index in [-0.39, 0.29) is 5.91 Å². The average Bonchev–Trinajstić information content (AvgIpc) is 3.31. The fourth-order valence-corrected chi connectivity index (χ4v) is 6.27. The molecule has 140 valence electrons. The lowest BCUT2D eigenvalue weighted by Crippen LogP contribution is -2.40. The maximum Gasteiger partial charge on any atom is 0.252 e. The van der Waals surface area contributed by atoms with Crippen molar-refractivity contribution in [1.82, 2.24) is 9.62 Å². The van der Waals surface area contributed by atoms with E-state index in [2.05, 4.69) is 5.32 Å². The first-order valence-electron chi connectivity index (χ1n) is 8.99. The van der Waals surface area contributed by atoms with Crippen molar-refractivity contribution in [3.05, 3.63) is 17.0 Å². The van der Waals surface area contributed by atoms with Crippen molar-refractivity contribution in [2.75, 3.05) is 26.3 Å². The Hall–Kier alpha value is -0.960. The van der Waals surface area contributed by atoms with Gasteiger partial charge in [0.25, 0.3) is 10.0 Å². The van der Waals surface area contributed by atoms with E-state index in [4.69, 9.17) is 4.74 Å². The minimum atomic E-state index is -3.44. The first-order chi connectivity index (χ1) is 12.1. The normalized spacial score (nSPS) is 20.0. The van der Waals surface area contributed by atoms with Gasteiger partial charge >= 0.3 is 0 Å². The van der Waals surface area contributed by atoms with Gasteiger partial charge in [0, 0.05) is 24.4 Å². The third-order valence-electron chi connectivity index (χ3n) is 4.92. The van der Waals surface area contributed by atoms with Crippen molar-refractivity contribution in [2.24, 2.45) is 5.92 Å². The maximum atomic E-state index is 12.6. The van der Waals surface area contributed by atoms with Gasteiger partial charge in [-0.05, 0) is 24.5 Å². The van der Waals surface area contributed by atoms with Gasteiger partial charge in [0.15, 0.2) is 0 Å². The zero-order chi connectivity index (χ0) is 17.7. The molecular formula is C17H26N2O4S2. The van der Waals surface area contributed by atoms with Gasteiger partial charge in [0.1, 0.15) is 4.21 Å². The van der Waals surface area contributed by atoms with Crippen LogP contribution in [-0.4, -0.2) is 44.9 Å². The number of hydrogen-bond donors (Lipinski definition) is 1. The summed E-state index contributed by atoms with van der Waals surface area (Å²) in [6.07, 6.45) is 6.62. The predicted molar refractivity (Wildman–Crippen MR) is 96.9 cm³/mol. The predicted octanol–water partition coefficient (Wildman–Crippen LogP) is 2.36. The van der Waals surface area contributed by atoms with Crippen LogP contribution in [0.4, 0.5) is 0 Å². The van der Waals surface area contributed by atoms with Crippen LogP contribution in [0.25, 0.3) is 0 Å². The molecule has 1 aromatic heterocycles. The molecule has 2 aliphatic rings. The SMILES string of the molecule is O=C(CCC1CCCC1)NCc1ccc(S(=O)(=O)N2CCOCC2)s1. The molecule has 1 aromatic rings. The number of ether oxygens (including phenoxy) is 1. The van der Waals surface area contributed by atoms with Crippen molar-refractivity contribution in [2.45, 2.75) is 49.3 Å². The van der Waals surface area contributed by atoms with E-state index in [1.54, 1.807) is 12.1 Å². The number of rotatable bonds is 7. The van der Waals surface area contributed by atoms with Gasteiger partial charge in [0.2, 0.25) is 5.91 Å². The monoisotopic (exact) mass is 386 g/mol. The third kappa shape index (κ3) is 5.03. The molecular weight excluding hydrogens is 360 g/mol. The Morgan fingerprint density at radius 3 is 2.68 bits per heavy atom. The zero-order valence-electron chi connectivity index (χ0n) is 14.4. The largest absolute Gasteiger partial charge is 0.379 e. The Morgan fingerprint density at radius 1 is 1.24 bits per heavy atom. The van der Waals surface area contributed by atoms with Crippen molar-refractivity contribution in [3.8, 4) is 0 Å². The first-order valence-corrected chi connectivity index (χ1v) is 11.2. The summed E-state index contributed by atoms with van der Waals surface area (Å²) in [5.74, 6) is 0.760. The summed E-state index contributed by atoms with van der Waals surface area (Å²) < 4.78 is 32.2. The minimum absolute atomic E-state index is 0.0536. The van der Waals surface area contributed by atoms with E-state index >= 15 is 0 Å². The van der Waals surface area contributed by atoms with Crippen molar-refractivity contribution >= 4 is 27.3 Å². The van der Waals surface area contributed by atoms with E-state index in [0.29, 0.717) is 49.4 Å². The van der Waals surface area contributed by atoms with Crippen molar-refractivity contribution in [1.29, 1.82) is 0 Å². The molecule has 1 aliphatic heterocycles. The zero-order valence-corrected chi connectivity index (χ0v) is 16.0. The number of sulfonamides is 1. The first kappa shape index (κ1) is 18.8. The second-order valence-corrected chi connectivity index (χ2v) is 10.0. The number of thiophene rings is 1. The van der Waals surface area contributed by atoms with Crippen LogP contribution in [-0.2, 0) is 26.1 Å². The standard InChI is InChI=1S/C17H26N2O4S2/c20-16(7-5-14-3-1-2-4-14)18-13-15-6-8-17(24-15)25(21,22)19-9-11-23-12-10-19/h6,8,14H,1-5,7,9-13H2,(H,18,20).